The second kappa shape index (κ2) is 7.78. The van der Waals surface area contributed by atoms with Crippen molar-refractivity contribution >= 4 is 5.97 Å². The van der Waals surface area contributed by atoms with Gasteiger partial charge >= 0.3 is 5.97 Å². The highest BCUT2D eigenvalue weighted by Gasteiger charge is 2.19. The molecule has 0 bridgehead atoms. The van der Waals surface area contributed by atoms with Crippen LogP contribution in [0.1, 0.15) is 42.2 Å². The van der Waals surface area contributed by atoms with E-state index in [2.05, 4.69) is 23.7 Å². The molecule has 1 heterocycles. The molecule has 124 valence electrons. The van der Waals surface area contributed by atoms with E-state index < -0.39 is 5.97 Å². The molecular formula is C17H22N2O4. The second-order valence-electron chi connectivity index (χ2n) is 5.41. The minimum atomic E-state index is -1.08. The lowest BCUT2D eigenvalue weighted by Crippen LogP contribution is -2.32. The van der Waals surface area contributed by atoms with Gasteiger partial charge < -0.3 is 14.3 Å². The maximum Gasteiger partial charge on any atom is 0.357 e. The van der Waals surface area contributed by atoms with Crippen LogP contribution in [-0.4, -0.2) is 34.1 Å². The van der Waals surface area contributed by atoms with Crippen LogP contribution in [0.2, 0.25) is 0 Å². The van der Waals surface area contributed by atoms with E-state index in [4.69, 9.17) is 14.3 Å². The molecule has 6 heteroatoms. The first kappa shape index (κ1) is 17.0. The summed E-state index contributed by atoms with van der Waals surface area (Å²) < 4.78 is 10.7. The van der Waals surface area contributed by atoms with Gasteiger partial charge in [0.2, 0.25) is 5.89 Å². The third kappa shape index (κ3) is 4.32. The van der Waals surface area contributed by atoms with Crippen LogP contribution in [0.25, 0.3) is 0 Å². The first-order valence-electron chi connectivity index (χ1n) is 7.58. The van der Waals surface area contributed by atoms with Crippen LogP contribution in [0.15, 0.2) is 34.9 Å². The molecule has 0 aliphatic heterocycles. The number of oxazole rings is 1. The highest BCUT2D eigenvalue weighted by atomic mass is 16.5. The fourth-order valence-electron chi connectivity index (χ4n) is 2.33. The van der Waals surface area contributed by atoms with Crippen LogP contribution in [0, 0.1) is 0 Å². The number of carboxylic acids is 1. The molecule has 1 unspecified atom stereocenters. The quantitative estimate of drug-likeness (QED) is 0.805. The third-order valence-electron chi connectivity index (χ3n) is 3.89. The molecule has 1 atom stereocenters. The van der Waals surface area contributed by atoms with E-state index in [9.17, 15) is 4.79 Å². The molecule has 0 fully saturated rings. The summed E-state index contributed by atoms with van der Waals surface area (Å²) in [7, 11) is 1.65. The van der Waals surface area contributed by atoms with Crippen LogP contribution in [0.5, 0.6) is 5.75 Å². The van der Waals surface area contributed by atoms with Gasteiger partial charge in [0.25, 0.3) is 0 Å². The molecule has 2 rings (SSSR count). The van der Waals surface area contributed by atoms with Crippen molar-refractivity contribution in [1.82, 2.24) is 9.88 Å². The van der Waals surface area contributed by atoms with Gasteiger partial charge in [0.05, 0.1) is 13.7 Å². The van der Waals surface area contributed by atoms with Crippen molar-refractivity contribution in [1.29, 1.82) is 0 Å². The third-order valence-corrected chi connectivity index (χ3v) is 3.89. The Kier molecular flexibility index (Phi) is 5.76. The summed E-state index contributed by atoms with van der Waals surface area (Å²) in [5.41, 5.74) is 1.00. The van der Waals surface area contributed by atoms with Crippen LogP contribution >= 0.6 is 0 Å². The maximum atomic E-state index is 10.9. The van der Waals surface area contributed by atoms with Crippen molar-refractivity contribution in [2.45, 2.75) is 39.4 Å². The maximum absolute atomic E-state index is 10.9. The fraction of sp³-hybridized carbons (Fsp3) is 0.412. The SMILES string of the molecule is CCC(C)N(Cc1nc(C(=O)O)co1)Cc1ccccc1OC. The Bertz CT molecular complexity index is 654. The summed E-state index contributed by atoms with van der Waals surface area (Å²) in [6.45, 7) is 5.35. The number of benzene rings is 1. The van der Waals surface area contributed by atoms with Gasteiger partial charge in [-0.25, -0.2) is 9.78 Å². The molecule has 0 aliphatic carbocycles. The summed E-state index contributed by atoms with van der Waals surface area (Å²) in [6, 6.07) is 8.15. The van der Waals surface area contributed by atoms with E-state index in [0.29, 0.717) is 25.0 Å². The number of nitrogens with zero attached hydrogens (tertiary/aromatic N) is 2. The van der Waals surface area contributed by atoms with E-state index in [-0.39, 0.29) is 5.69 Å². The lowest BCUT2D eigenvalue weighted by molar-refractivity contribution is 0.0690. The van der Waals surface area contributed by atoms with E-state index in [1.165, 1.54) is 6.26 Å². The number of aromatic nitrogens is 1. The Morgan fingerprint density at radius 1 is 1.39 bits per heavy atom. The lowest BCUT2D eigenvalue weighted by Gasteiger charge is -2.27. The molecule has 23 heavy (non-hydrogen) atoms. The van der Waals surface area contributed by atoms with Crippen LogP contribution in [0.4, 0.5) is 0 Å². The van der Waals surface area contributed by atoms with Crippen LogP contribution in [0.3, 0.4) is 0 Å². The summed E-state index contributed by atoms with van der Waals surface area (Å²) in [5.74, 6) is 0.150. The van der Waals surface area contributed by atoms with Crippen LogP contribution in [-0.2, 0) is 13.1 Å². The number of carboxylic acid groups (broad SMARTS) is 1. The molecule has 6 nitrogen and oxygen atoms in total. The molecule has 0 aliphatic rings. The van der Waals surface area contributed by atoms with Gasteiger partial charge in [-0.05, 0) is 19.4 Å². The number of hydrogen-bond donors (Lipinski definition) is 1. The standard InChI is InChI=1S/C17H22N2O4/c1-4-12(2)19(9-13-7-5-6-8-15(13)22-3)10-16-18-14(11-23-16)17(20)21/h5-8,11-12H,4,9-10H2,1-3H3,(H,20,21). The lowest BCUT2D eigenvalue weighted by atomic mass is 10.1. The van der Waals surface area contributed by atoms with Gasteiger partial charge in [0.1, 0.15) is 12.0 Å². The topological polar surface area (TPSA) is 75.8 Å². The average molecular weight is 318 g/mol. The summed E-state index contributed by atoms with van der Waals surface area (Å²) in [5, 5.41) is 8.94. The molecule has 0 amide bonds. The van der Waals surface area contributed by atoms with Crippen molar-refractivity contribution < 1.29 is 19.1 Å². The zero-order chi connectivity index (χ0) is 16.8. The number of hydrogen-bond acceptors (Lipinski definition) is 5. The molecule has 0 radical (unpaired) electrons. The zero-order valence-corrected chi connectivity index (χ0v) is 13.7. The predicted molar refractivity (Wildman–Crippen MR) is 85.5 cm³/mol. The molecule has 1 aromatic carbocycles. The fourth-order valence-corrected chi connectivity index (χ4v) is 2.33. The smallest absolute Gasteiger partial charge is 0.357 e. The number of rotatable bonds is 8. The predicted octanol–water partition coefficient (Wildman–Crippen LogP) is 3.18. The number of carbonyl (C=O) groups is 1. The molecular weight excluding hydrogens is 296 g/mol. The van der Waals surface area contributed by atoms with E-state index in [1.54, 1.807) is 7.11 Å². The first-order chi connectivity index (χ1) is 11.0. The van der Waals surface area contributed by atoms with E-state index in [0.717, 1.165) is 17.7 Å². The molecule has 0 spiro atoms. The molecule has 0 saturated carbocycles. The van der Waals surface area contributed by atoms with Gasteiger partial charge in [-0.3, -0.25) is 4.90 Å². The Balaban J connectivity index is 2.18. The summed E-state index contributed by atoms with van der Waals surface area (Å²) in [6.07, 6.45) is 2.14. The minimum Gasteiger partial charge on any atom is -0.496 e. The molecule has 0 saturated heterocycles. The summed E-state index contributed by atoms with van der Waals surface area (Å²) >= 11 is 0. The largest absolute Gasteiger partial charge is 0.496 e. The van der Waals surface area contributed by atoms with Gasteiger partial charge in [-0.2, -0.15) is 0 Å². The van der Waals surface area contributed by atoms with Gasteiger partial charge in [0, 0.05) is 18.2 Å². The number of ether oxygens (including phenoxy) is 1. The molecule has 1 aromatic heterocycles. The van der Waals surface area contributed by atoms with Crippen LogP contribution < -0.4 is 4.74 Å². The highest BCUT2D eigenvalue weighted by molar-refractivity contribution is 5.84. The normalized spacial score (nSPS) is 12.3. The van der Waals surface area contributed by atoms with Crippen molar-refractivity contribution in [3.8, 4) is 5.75 Å². The van der Waals surface area contributed by atoms with Crippen molar-refractivity contribution in [2.24, 2.45) is 0 Å². The van der Waals surface area contributed by atoms with Gasteiger partial charge in [-0.15, -0.1) is 0 Å². The number of para-hydroxylation sites is 1. The van der Waals surface area contributed by atoms with Gasteiger partial charge in [0.15, 0.2) is 5.69 Å². The Labute approximate surface area is 135 Å². The Morgan fingerprint density at radius 2 is 2.13 bits per heavy atom. The minimum absolute atomic E-state index is 0.0682. The number of methoxy groups -OCH3 is 1. The summed E-state index contributed by atoms with van der Waals surface area (Å²) in [4.78, 5) is 17.1. The number of aromatic carboxylic acids is 1. The Morgan fingerprint density at radius 3 is 2.74 bits per heavy atom. The Hall–Kier alpha value is -2.34. The first-order valence-corrected chi connectivity index (χ1v) is 7.58. The van der Waals surface area contributed by atoms with E-state index in [1.807, 2.05) is 24.3 Å². The average Bonchev–Trinajstić information content (AvgIpc) is 3.03. The van der Waals surface area contributed by atoms with Crippen molar-refractivity contribution in [3.63, 3.8) is 0 Å². The monoisotopic (exact) mass is 318 g/mol. The second-order valence-corrected chi connectivity index (χ2v) is 5.41. The highest BCUT2D eigenvalue weighted by Crippen LogP contribution is 2.22. The van der Waals surface area contributed by atoms with E-state index >= 15 is 0 Å². The zero-order valence-electron chi connectivity index (χ0n) is 13.7. The van der Waals surface area contributed by atoms with Gasteiger partial charge in [-0.1, -0.05) is 25.1 Å². The van der Waals surface area contributed by atoms with Crippen molar-refractivity contribution in [2.75, 3.05) is 7.11 Å². The van der Waals surface area contributed by atoms with Crippen molar-refractivity contribution in [3.05, 3.63) is 47.7 Å². The molecule has 1 N–H and O–H groups in total. The molecule has 2 aromatic rings.